The van der Waals surface area contributed by atoms with Crippen LogP contribution in [0.25, 0.3) is 0 Å². The van der Waals surface area contributed by atoms with Crippen LogP contribution < -0.4 is 5.32 Å². The van der Waals surface area contributed by atoms with E-state index in [1.807, 2.05) is 0 Å². The van der Waals surface area contributed by atoms with Gasteiger partial charge >= 0.3 is 12.3 Å². The summed E-state index contributed by atoms with van der Waals surface area (Å²) in [6.45, 7) is 0.0218. The van der Waals surface area contributed by atoms with Crippen molar-refractivity contribution in [1.82, 2.24) is 20.1 Å². The number of hydrogen-bond acceptors (Lipinski definition) is 5. The van der Waals surface area contributed by atoms with E-state index in [2.05, 4.69) is 20.5 Å². The fraction of sp³-hybridized carbons (Fsp3) is 0.333. The molecule has 0 bridgehead atoms. The zero-order chi connectivity index (χ0) is 26.4. The van der Waals surface area contributed by atoms with E-state index in [4.69, 9.17) is 16.3 Å². The first kappa shape index (κ1) is 25.0. The molecule has 8 nitrogen and oxygen atoms in total. The Morgan fingerprint density at radius 3 is 2.68 bits per heavy atom. The molecule has 13 heteroatoms. The Labute approximate surface area is 213 Å². The molecular formula is C24H20ClF4N5O3. The van der Waals surface area contributed by atoms with Crippen LogP contribution >= 0.6 is 11.6 Å². The molecule has 1 aromatic heterocycles. The molecule has 1 unspecified atom stereocenters. The van der Waals surface area contributed by atoms with Crippen LogP contribution in [0, 0.1) is 5.82 Å². The van der Waals surface area contributed by atoms with Gasteiger partial charge in [0.25, 0.3) is 5.91 Å². The lowest BCUT2D eigenvalue weighted by atomic mass is 9.83. The highest BCUT2D eigenvalue weighted by atomic mass is 35.5. The minimum atomic E-state index is -4.49. The van der Waals surface area contributed by atoms with E-state index in [9.17, 15) is 22.8 Å². The van der Waals surface area contributed by atoms with Crippen molar-refractivity contribution in [2.24, 2.45) is 0 Å². The molecule has 1 saturated heterocycles. The molecule has 2 amide bonds. The molecule has 3 heterocycles. The first-order valence-electron chi connectivity index (χ1n) is 11.4. The first-order valence-corrected chi connectivity index (χ1v) is 11.8. The zero-order valence-corrected chi connectivity index (χ0v) is 19.9. The largest absolute Gasteiger partial charge is 0.436 e. The number of aromatic amines is 1. The Morgan fingerprint density at radius 1 is 1.19 bits per heavy atom. The molecule has 3 aromatic rings. The van der Waals surface area contributed by atoms with Crippen molar-refractivity contribution in [2.45, 2.75) is 37.0 Å². The zero-order valence-electron chi connectivity index (χ0n) is 19.1. The molecule has 2 aliphatic rings. The molecule has 2 atom stereocenters. The van der Waals surface area contributed by atoms with Crippen molar-refractivity contribution in [1.29, 1.82) is 0 Å². The van der Waals surface area contributed by atoms with E-state index in [0.717, 1.165) is 0 Å². The van der Waals surface area contributed by atoms with E-state index < -0.39 is 41.9 Å². The van der Waals surface area contributed by atoms with E-state index >= 15 is 4.39 Å². The summed E-state index contributed by atoms with van der Waals surface area (Å²) in [6, 6.07) is 10.7. The second-order valence-corrected chi connectivity index (χ2v) is 9.37. The molecule has 0 aliphatic carbocycles. The maximum Gasteiger partial charge on any atom is 0.412 e. The van der Waals surface area contributed by atoms with Gasteiger partial charge in [-0.1, -0.05) is 41.9 Å². The average molecular weight is 538 g/mol. The third kappa shape index (κ3) is 4.85. The normalized spacial score (nSPS) is 20.2. The molecule has 37 heavy (non-hydrogen) atoms. The Hall–Kier alpha value is -3.67. The predicted molar refractivity (Wildman–Crippen MR) is 124 cm³/mol. The van der Waals surface area contributed by atoms with Gasteiger partial charge in [0.15, 0.2) is 11.4 Å². The van der Waals surface area contributed by atoms with Gasteiger partial charge in [-0.2, -0.15) is 13.2 Å². The summed E-state index contributed by atoms with van der Waals surface area (Å²) in [5.74, 6) is -3.03. The second kappa shape index (κ2) is 9.33. The van der Waals surface area contributed by atoms with E-state index in [-0.39, 0.29) is 47.4 Å². The second-order valence-electron chi connectivity index (χ2n) is 8.96. The number of rotatable bonds is 4. The van der Waals surface area contributed by atoms with Gasteiger partial charge in [0.2, 0.25) is 5.82 Å². The highest BCUT2D eigenvalue weighted by Gasteiger charge is 2.49. The fourth-order valence-corrected chi connectivity index (χ4v) is 5.07. The number of amides is 2. The Morgan fingerprint density at radius 2 is 1.95 bits per heavy atom. The molecule has 1 spiro atoms. The summed E-state index contributed by atoms with van der Waals surface area (Å²) in [4.78, 5) is 29.5. The number of H-pyrrole nitrogens is 1. The highest BCUT2D eigenvalue weighted by molar-refractivity contribution is 6.31. The topological polar surface area (TPSA) is 100 Å². The van der Waals surface area contributed by atoms with Crippen LogP contribution in [0.3, 0.4) is 0 Å². The average Bonchev–Trinajstić information content (AvgIpc) is 3.34. The summed E-state index contributed by atoms with van der Waals surface area (Å²) in [5.41, 5.74) is -0.916. The maximum atomic E-state index is 15.1. The van der Waals surface area contributed by atoms with Crippen LogP contribution in [0.5, 0.6) is 0 Å². The standard InChI is InChI=1S/C24H20ClF4N5O3/c25-15-7-8-16-17(18(15)26)23(37-22(36)30-16)9-4-10-34(12-23)21(35)20-31-19(32-33-20)14(11-24(27,28)29)13-5-2-1-3-6-13/h1-3,5-8,14H,4,9-12H2,(H,30,36)(H,31,32,33)/t14?,23-/m0/s1. The Balaban J connectivity index is 1.44. The minimum absolute atomic E-state index is 0.0321. The van der Waals surface area contributed by atoms with Gasteiger partial charge < -0.3 is 14.6 Å². The molecule has 194 valence electrons. The lowest BCUT2D eigenvalue weighted by Crippen LogP contribution is -2.53. The Bertz CT molecular complexity index is 1350. The number of likely N-dealkylation sites (tertiary alicyclic amines) is 1. The molecule has 5 rings (SSSR count). The van der Waals surface area contributed by atoms with Crippen LogP contribution in [-0.2, 0) is 10.3 Å². The number of aromatic nitrogens is 3. The molecule has 1 fully saturated rings. The number of piperidine rings is 1. The van der Waals surface area contributed by atoms with Crippen LogP contribution in [-0.4, -0.2) is 51.3 Å². The minimum Gasteiger partial charge on any atom is -0.436 e. The van der Waals surface area contributed by atoms with Gasteiger partial charge in [-0.25, -0.2) is 9.18 Å². The van der Waals surface area contributed by atoms with Gasteiger partial charge in [0, 0.05) is 6.54 Å². The van der Waals surface area contributed by atoms with Gasteiger partial charge in [-0.3, -0.25) is 10.1 Å². The molecule has 2 aliphatic heterocycles. The van der Waals surface area contributed by atoms with Crippen LogP contribution in [0.15, 0.2) is 42.5 Å². The monoisotopic (exact) mass is 537 g/mol. The van der Waals surface area contributed by atoms with Gasteiger partial charge in [-0.05, 0) is 30.5 Å². The molecule has 0 saturated carbocycles. The highest BCUT2D eigenvalue weighted by Crippen LogP contribution is 2.45. The number of hydrogen-bond donors (Lipinski definition) is 2. The van der Waals surface area contributed by atoms with Crippen molar-refractivity contribution < 1.29 is 31.9 Å². The summed E-state index contributed by atoms with van der Waals surface area (Å²) >= 11 is 5.98. The number of anilines is 1. The molecule has 2 N–H and O–H groups in total. The summed E-state index contributed by atoms with van der Waals surface area (Å²) in [5, 5.41) is 9.93. The van der Waals surface area contributed by atoms with Crippen LogP contribution in [0.4, 0.5) is 28.0 Å². The summed E-state index contributed by atoms with van der Waals surface area (Å²) in [7, 11) is 0. The third-order valence-corrected chi connectivity index (χ3v) is 6.78. The number of ether oxygens (including phenoxy) is 1. The number of nitrogens with zero attached hydrogens (tertiary/aromatic N) is 3. The fourth-order valence-electron chi connectivity index (χ4n) is 4.91. The van der Waals surface area contributed by atoms with Crippen LogP contribution in [0.1, 0.15) is 52.8 Å². The van der Waals surface area contributed by atoms with Crippen molar-refractivity contribution in [2.75, 3.05) is 18.4 Å². The predicted octanol–water partition coefficient (Wildman–Crippen LogP) is 5.38. The summed E-state index contributed by atoms with van der Waals surface area (Å²) in [6.07, 6.45) is -5.91. The lowest BCUT2D eigenvalue weighted by Gasteiger charge is -2.44. The van der Waals surface area contributed by atoms with Crippen molar-refractivity contribution in [3.8, 4) is 0 Å². The molecule has 0 radical (unpaired) electrons. The lowest BCUT2D eigenvalue weighted by molar-refractivity contribution is -0.137. The number of alkyl halides is 3. The van der Waals surface area contributed by atoms with E-state index in [1.54, 1.807) is 18.2 Å². The van der Waals surface area contributed by atoms with Crippen molar-refractivity contribution >= 4 is 29.3 Å². The van der Waals surface area contributed by atoms with Gasteiger partial charge in [0.05, 0.1) is 35.2 Å². The molecular weight excluding hydrogens is 518 g/mol. The third-order valence-electron chi connectivity index (χ3n) is 6.49. The number of halogens is 5. The SMILES string of the molecule is O=C1Nc2ccc(Cl)c(F)c2[C@@]2(CCCN(C(=O)c3nnc(C(CC(F)(F)F)c4ccccc4)[nH]3)C2)O1. The van der Waals surface area contributed by atoms with Crippen molar-refractivity contribution in [3.63, 3.8) is 0 Å². The number of carbonyl (C=O) groups excluding carboxylic acids is 2. The quantitative estimate of drug-likeness (QED) is 0.436. The summed E-state index contributed by atoms with van der Waals surface area (Å²) < 4.78 is 60.6. The number of carbonyl (C=O) groups is 2. The Kier molecular flexibility index (Phi) is 6.30. The maximum absolute atomic E-state index is 15.1. The number of nitrogens with one attached hydrogen (secondary N) is 2. The smallest absolute Gasteiger partial charge is 0.412 e. The number of benzene rings is 2. The van der Waals surface area contributed by atoms with Gasteiger partial charge in [0.1, 0.15) is 5.82 Å². The number of fused-ring (bicyclic) bond motifs is 2. The first-order chi connectivity index (χ1) is 17.6. The van der Waals surface area contributed by atoms with Crippen LogP contribution in [0.2, 0.25) is 5.02 Å². The van der Waals surface area contributed by atoms with Crippen molar-refractivity contribution in [3.05, 3.63) is 76.1 Å². The molecule has 2 aromatic carbocycles. The van der Waals surface area contributed by atoms with Gasteiger partial charge in [-0.15, -0.1) is 10.2 Å². The van der Waals surface area contributed by atoms with E-state index in [1.165, 1.54) is 29.2 Å². The van der Waals surface area contributed by atoms with E-state index in [0.29, 0.717) is 12.0 Å².